The van der Waals surface area contributed by atoms with Gasteiger partial charge in [-0.05, 0) is 24.6 Å². The van der Waals surface area contributed by atoms with E-state index in [1.165, 1.54) is 0 Å². The lowest BCUT2D eigenvalue weighted by molar-refractivity contribution is -0.119. The maximum atomic E-state index is 10.5. The van der Waals surface area contributed by atoms with E-state index in [-0.39, 0.29) is 12.6 Å². The molecule has 0 saturated heterocycles. The molecule has 0 aliphatic carbocycles. The second-order valence-electron chi connectivity index (χ2n) is 3.63. The monoisotopic (exact) mass is 224 g/mol. The summed E-state index contributed by atoms with van der Waals surface area (Å²) in [7, 11) is 0. The summed E-state index contributed by atoms with van der Waals surface area (Å²) >= 11 is 0. The van der Waals surface area contributed by atoms with E-state index in [0.29, 0.717) is 11.3 Å². The third kappa shape index (κ3) is 3.52. The maximum Gasteiger partial charge on any atom is 0.255 e. The number of hydrogen-bond acceptors (Lipinski definition) is 4. The van der Waals surface area contributed by atoms with E-state index < -0.39 is 12.0 Å². The summed E-state index contributed by atoms with van der Waals surface area (Å²) in [5.74, 6) is -0.000818. The average Bonchev–Trinajstić information content (AvgIpc) is 2.26. The van der Waals surface area contributed by atoms with E-state index in [2.05, 4.69) is 0 Å². The highest BCUT2D eigenvalue weighted by molar-refractivity contribution is 5.75. The molecule has 0 aliphatic rings. The van der Waals surface area contributed by atoms with Gasteiger partial charge in [-0.15, -0.1) is 0 Å². The molecule has 2 unspecified atom stereocenters. The van der Waals surface area contributed by atoms with E-state index in [0.717, 1.165) is 0 Å². The van der Waals surface area contributed by atoms with Crippen molar-refractivity contribution in [3.05, 3.63) is 29.8 Å². The van der Waals surface area contributed by atoms with Gasteiger partial charge in [-0.3, -0.25) is 4.79 Å². The van der Waals surface area contributed by atoms with Gasteiger partial charge in [0.15, 0.2) is 6.61 Å². The van der Waals surface area contributed by atoms with Crippen LogP contribution in [0.1, 0.15) is 18.6 Å². The van der Waals surface area contributed by atoms with E-state index >= 15 is 0 Å². The van der Waals surface area contributed by atoms with Crippen LogP contribution in [0.4, 0.5) is 0 Å². The maximum absolute atomic E-state index is 10.5. The van der Waals surface area contributed by atoms with Crippen molar-refractivity contribution >= 4 is 5.91 Å². The lowest BCUT2D eigenvalue weighted by Gasteiger charge is -2.15. The summed E-state index contributed by atoms with van der Waals surface area (Å²) < 4.78 is 5.08. The van der Waals surface area contributed by atoms with Crippen LogP contribution in [0.25, 0.3) is 0 Å². The number of primary amides is 1. The molecule has 0 radical (unpaired) electrons. The van der Waals surface area contributed by atoms with Crippen LogP contribution in [0, 0.1) is 0 Å². The Labute approximate surface area is 94.0 Å². The number of nitrogens with two attached hydrogens (primary N) is 2. The Kier molecular flexibility index (Phi) is 4.28. The minimum atomic E-state index is -0.704. The fraction of sp³-hybridized carbons (Fsp3) is 0.364. The Morgan fingerprint density at radius 2 is 2.00 bits per heavy atom. The van der Waals surface area contributed by atoms with Gasteiger partial charge in [0.1, 0.15) is 5.75 Å². The first kappa shape index (κ1) is 12.5. The molecule has 5 heteroatoms. The summed E-state index contributed by atoms with van der Waals surface area (Å²) in [5, 5.41) is 9.67. The van der Waals surface area contributed by atoms with Crippen LogP contribution in [0.5, 0.6) is 5.75 Å². The molecule has 1 aromatic carbocycles. The zero-order valence-electron chi connectivity index (χ0n) is 9.09. The van der Waals surface area contributed by atoms with E-state index in [1.807, 2.05) is 0 Å². The van der Waals surface area contributed by atoms with E-state index in [9.17, 15) is 9.90 Å². The van der Waals surface area contributed by atoms with E-state index in [4.69, 9.17) is 16.2 Å². The molecule has 1 amide bonds. The third-order valence-corrected chi connectivity index (χ3v) is 2.10. The summed E-state index contributed by atoms with van der Waals surface area (Å²) in [6.07, 6.45) is -0.704. The predicted molar refractivity (Wildman–Crippen MR) is 59.7 cm³/mol. The van der Waals surface area contributed by atoms with Crippen LogP contribution < -0.4 is 16.2 Å². The Morgan fingerprint density at radius 3 is 2.44 bits per heavy atom. The minimum Gasteiger partial charge on any atom is -0.484 e. The van der Waals surface area contributed by atoms with Crippen molar-refractivity contribution in [1.29, 1.82) is 0 Å². The van der Waals surface area contributed by atoms with E-state index in [1.54, 1.807) is 31.2 Å². The summed E-state index contributed by atoms with van der Waals surface area (Å²) in [6, 6.07) is 6.38. The zero-order valence-corrected chi connectivity index (χ0v) is 9.09. The number of carbonyl (C=O) groups is 1. The molecule has 0 spiro atoms. The first-order valence-electron chi connectivity index (χ1n) is 4.95. The Hall–Kier alpha value is -1.59. The molecule has 2 atom stereocenters. The number of rotatable bonds is 5. The van der Waals surface area contributed by atoms with Crippen molar-refractivity contribution in [2.24, 2.45) is 11.5 Å². The standard InChI is InChI=1S/C11H16N2O3/c1-7(12)11(15)8-2-4-9(5-3-8)16-6-10(13)14/h2-5,7,11,15H,6,12H2,1H3,(H2,13,14). The first-order valence-corrected chi connectivity index (χ1v) is 4.95. The number of amides is 1. The van der Waals surface area contributed by atoms with Crippen LogP contribution in [0.15, 0.2) is 24.3 Å². The highest BCUT2D eigenvalue weighted by atomic mass is 16.5. The minimum absolute atomic E-state index is 0.158. The number of benzene rings is 1. The van der Waals surface area contributed by atoms with Gasteiger partial charge >= 0.3 is 0 Å². The molecule has 88 valence electrons. The van der Waals surface area contributed by atoms with Gasteiger partial charge in [-0.25, -0.2) is 0 Å². The van der Waals surface area contributed by atoms with Gasteiger partial charge in [0.25, 0.3) is 5.91 Å². The SMILES string of the molecule is CC(N)C(O)c1ccc(OCC(N)=O)cc1. The fourth-order valence-corrected chi connectivity index (χ4v) is 1.22. The van der Waals surface area contributed by atoms with Gasteiger partial charge in [-0.1, -0.05) is 12.1 Å². The Balaban J connectivity index is 2.64. The first-order chi connectivity index (χ1) is 7.50. The molecule has 0 aromatic heterocycles. The van der Waals surface area contributed by atoms with Gasteiger partial charge in [0, 0.05) is 6.04 Å². The lowest BCUT2D eigenvalue weighted by Crippen LogP contribution is -2.24. The third-order valence-electron chi connectivity index (χ3n) is 2.10. The molecular formula is C11H16N2O3. The van der Waals surface area contributed by atoms with Crippen molar-refractivity contribution in [1.82, 2.24) is 0 Å². The molecule has 1 aromatic rings. The number of aliphatic hydroxyl groups excluding tert-OH is 1. The average molecular weight is 224 g/mol. The second kappa shape index (κ2) is 5.48. The van der Waals surface area contributed by atoms with Crippen molar-refractivity contribution in [2.45, 2.75) is 19.1 Å². The van der Waals surface area contributed by atoms with Crippen LogP contribution in [-0.4, -0.2) is 23.7 Å². The predicted octanol–water partition coefficient (Wildman–Crippen LogP) is -0.0687. The number of carbonyl (C=O) groups excluding carboxylic acids is 1. The topological polar surface area (TPSA) is 98.6 Å². The van der Waals surface area contributed by atoms with Gasteiger partial charge in [-0.2, -0.15) is 0 Å². The van der Waals surface area contributed by atoms with Crippen LogP contribution in [-0.2, 0) is 4.79 Å². The summed E-state index contributed by atoms with van der Waals surface area (Å²) in [5.41, 5.74) is 11.2. The molecule has 0 heterocycles. The fourth-order valence-electron chi connectivity index (χ4n) is 1.22. The molecule has 1 rings (SSSR count). The molecule has 0 bridgehead atoms. The molecule has 5 nitrogen and oxygen atoms in total. The molecule has 0 saturated carbocycles. The summed E-state index contributed by atoms with van der Waals surface area (Å²) in [6.45, 7) is 1.57. The van der Waals surface area contributed by atoms with Crippen molar-refractivity contribution < 1.29 is 14.6 Å². The van der Waals surface area contributed by atoms with Crippen LogP contribution >= 0.6 is 0 Å². The molecule has 0 aliphatic heterocycles. The Morgan fingerprint density at radius 1 is 1.44 bits per heavy atom. The van der Waals surface area contributed by atoms with Gasteiger partial charge < -0.3 is 21.3 Å². The Bertz CT molecular complexity index is 349. The van der Waals surface area contributed by atoms with Crippen molar-refractivity contribution in [3.63, 3.8) is 0 Å². The quantitative estimate of drug-likeness (QED) is 0.652. The lowest BCUT2D eigenvalue weighted by atomic mass is 10.0. The normalized spacial score (nSPS) is 14.2. The van der Waals surface area contributed by atoms with Gasteiger partial charge in [0.05, 0.1) is 6.10 Å². The largest absolute Gasteiger partial charge is 0.484 e. The molecule has 5 N–H and O–H groups in total. The second-order valence-corrected chi connectivity index (χ2v) is 3.63. The molecular weight excluding hydrogens is 208 g/mol. The number of aliphatic hydroxyl groups is 1. The molecule has 16 heavy (non-hydrogen) atoms. The summed E-state index contributed by atoms with van der Waals surface area (Å²) in [4.78, 5) is 10.5. The number of hydrogen-bond donors (Lipinski definition) is 3. The smallest absolute Gasteiger partial charge is 0.255 e. The van der Waals surface area contributed by atoms with Crippen molar-refractivity contribution in [3.8, 4) is 5.75 Å². The highest BCUT2D eigenvalue weighted by Crippen LogP contribution is 2.19. The van der Waals surface area contributed by atoms with Crippen molar-refractivity contribution in [2.75, 3.05) is 6.61 Å². The highest BCUT2D eigenvalue weighted by Gasteiger charge is 2.11. The molecule has 0 fully saturated rings. The van der Waals surface area contributed by atoms with Crippen LogP contribution in [0.2, 0.25) is 0 Å². The zero-order chi connectivity index (χ0) is 12.1. The van der Waals surface area contributed by atoms with Crippen LogP contribution in [0.3, 0.4) is 0 Å². The van der Waals surface area contributed by atoms with Gasteiger partial charge in [0.2, 0.25) is 0 Å². The number of ether oxygens (including phenoxy) is 1.